The van der Waals surface area contributed by atoms with E-state index < -0.39 is 51.8 Å². The molecule has 2 aromatic carbocycles. The van der Waals surface area contributed by atoms with Crippen molar-refractivity contribution in [1.82, 2.24) is 14.5 Å². The molecule has 198 valence electrons. The molecule has 0 aromatic heterocycles. The van der Waals surface area contributed by atoms with Gasteiger partial charge in [0.2, 0.25) is 11.8 Å². The second kappa shape index (κ2) is 11.8. The second-order valence-corrected chi connectivity index (χ2v) is 11.6. The number of rotatable bonds is 10. The van der Waals surface area contributed by atoms with Crippen LogP contribution in [0.2, 0.25) is 0 Å². The van der Waals surface area contributed by atoms with Crippen molar-refractivity contribution in [2.24, 2.45) is 0 Å². The van der Waals surface area contributed by atoms with Crippen LogP contribution in [0.3, 0.4) is 0 Å². The van der Waals surface area contributed by atoms with Crippen molar-refractivity contribution < 1.29 is 26.8 Å². The molecule has 1 N–H and O–H groups in total. The smallest absolute Gasteiger partial charge is 0.304 e. The topological polar surface area (TPSA) is 90.0 Å². The number of anilines is 1. The third-order valence-corrected chi connectivity index (χ3v) is 7.10. The number of para-hydroxylation sites is 1. The zero-order valence-electron chi connectivity index (χ0n) is 21.5. The van der Waals surface area contributed by atoms with E-state index in [1.165, 1.54) is 61.5 Å². The number of hydrogen-bond donors (Lipinski definition) is 1. The van der Waals surface area contributed by atoms with Gasteiger partial charge in [-0.2, -0.15) is 12.7 Å². The fraction of sp³-hybridized carbons (Fsp3) is 0.440. The molecule has 0 aliphatic carbocycles. The van der Waals surface area contributed by atoms with Gasteiger partial charge in [0.15, 0.2) is 0 Å². The van der Waals surface area contributed by atoms with Crippen LogP contribution >= 0.6 is 0 Å². The molecule has 0 bridgehead atoms. The van der Waals surface area contributed by atoms with Crippen molar-refractivity contribution in [2.75, 3.05) is 24.9 Å². The summed E-state index contributed by atoms with van der Waals surface area (Å²) in [5.74, 6) is -2.42. The molecular formula is C25H34F2N4O4S. The molecule has 0 heterocycles. The lowest BCUT2D eigenvalue weighted by molar-refractivity contribution is -0.141. The molecule has 0 radical (unpaired) electrons. The molecule has 11 heteroatoms. The highest BCUT2D eigenvalue weighted by Gasteiger charge is 2.35. The summed E-state index contributed by atoms with van der Waals surface area (Å²) in [7, 11) is -1.73. The van der Waals surface area contributed by atoms with Crippen LogP contribution in [-0.2, 0) is 26.3 Å². The van der Waals surface area contributed by atoms with Gasteiger partial charge >= 0.3 is 10.2 Å². The van der Waals surface area contributed by atoms with Gasteiger partial charge in [-0.25, -0.2) is 13.1 Å². The Morgan fingerprint density at radius 1 is 1.00 bits per heavy atom. The van der Waals surface area contributed by atoms with Gasteiger partial charge in [-0.1, -0.05) is 31.2 Å². The summed E-state index contributed by atoms with van der Waals surface area (Å²) in [5, 5.41) is 2.85. The molecule has 2 rings (SSSR count). The predicted octanol–water partition coefficient (Wildman–Crippen LogP) is 3.30. The second-order valence-electron chi connectivity index (χ2n) is 9.56. The average Bonchev–Trinajstić information content (AvgIpc) is 2.77. The van der Waals surface area contributed by atoms with Crippen molar-refractivity contribution >= 4 is 27.7 Å². The Kier molecular flexibility index (Phi) is 9.56. The Morgan fingerprint density at radius 3 is 2.08 bits per heavy atom. The molecule has 0 saturated carbocycles. The molecule has 0 aliphatic heterocycles. The zero-order chi connectivity index (χ0) is 27.3. The number of nitrogens with one attached hydrogen (secondary N) is 1. The minimum absolute atomic E-state index is 0.0810. The van der Waals surface area contributed by atoms with Crippen molar-refractivity contribution in [3.8, 4) is 0 Å². The molecule has 36 heavy (non-hydrogen) atoms. The van der Waals surface area contributed by atoms with Crippen LogP contribution in [0.4, 0.5) is 14.5 Å². The van der Waals surface area contributed by atoms with E-state index in [1.54, 1.807) is 27.7 Å². The molecule has 0 saturated heterocycles. The number of amides is 2. The third kappa shape index (κ3) is 7.47. The molecular weight excluding hydrogens is 490 g/mol. The number of halogens is 2. The number of nitrogens with zero attached hydrogens (tertiary/aromatic N) is 3. The van der Waals surface area contributed by atoms with Crippen LogP contribution < -0.4 is 9.62 Å². The minimum Gasteiger partial charge on any atom is -0.350 e. The summed E-state index contributed by atoms with van der Waals surface area (Å²) in [4.78, 5) is 28.0. The quantitative estimate of drug-likeness (QED) is 0.517. The van der Waals surface area contributed by atoms with Crippen LogP contribution in [-0.4, -0.2) is 61.7 Å². The third-order valence-electron chi connectivity index (χ3n) is 5.29. The molecule has 2 amide bonds. The number of benzene rings is 2. The summed E-state index contributed by atoms with van der Waals surface area (Å²) in [5.41, 5.74) is -0.337. The van der Waals surface area contributed by atoms with Crippen LogP contribution in [0.5, 0.6) is 0 Å². The molecule has 1 atom stereocenters. The highest BCUT2D eigenvalue weighted by molar-refractivity contribution is 7.90. The number of carbonyl (C=O) groups is 2. The van der Waals surface area contributed by atoms with Crippen LogP contribution in [0, 0.1) is 11.6 Å². The lowest BCUT2D eigenvalue weighted by atomic mass is 10.1. The van der Waals surface area contributed by atoms with Gasteiger partial charge in [-0.3, -0.25) is 9.59 Å². The standard InChI is InChI=1S/C25H34F2N4O4S/c1-7-21(24(33)28-25(2,3)4)30(16-18-12-14-19(26)15-13-18)23(32)17-31(36(34,35)29(5)6)22-11-9-8-10-20(22)27/h8-15,21H,7,16-17H2,1-6H3,(H,28,33)/t21-/m0/s1. The van der Waals surface area contributed by atoms with Crippen molar-refractivity contribution in [1.29, 1.82) is 0 Å². The van der Waals surface area contributed by atoms with Gasteiger partial charge in [-0.15, -0.1) is 0 Å². The predicted molar refractivity (Wildman–Crippen MR) is 135 cm³/mol. The Balaban J connectivity index is 2.53. The zero-order valence-corrected chi connectivity index (χ0v) is 22.3. The molecule has 0 fully saturated rings. The Bertz CT molecular complexity index is 1170. The average molecular weight is 525 g/mol. The van der Waals surface area contributed by atoms with Crippen LogP contribution in [0.25, 0.3) is 0 Å². The largest absolute Gasteiger partial charge is 0.350 e. The Hall–Kier alpha value is -3.05. The first kappa shape index (κ1) is 29.2. The van der Waals surface area contributed by atoms with E-state index in [9.17, 15) is 26.8 Å². The van der Waals surface area contributed by atoms with Gasteiger partial charge < -0.3 is 10.2 Å². The molecule has 2 aromatic rings. The minimum atomic E-state index is -4.27. The highest BCUT2D eigenvalue weighted by Crippen LogP contribution is 2.24. The van der Waals surface area contributed by atoms with Gasteiger partial charge in [-0.05, 0) is 57.0 Å². The maximum atomic E-state index is 14.7. The first-order valence-electron chi connectivity index (χ1n) is 11.5. The van der Waals surface area contributed by atoms with Crippen molar-refractivity contribution in [2.45, 2.75) is 52.2 Å². The first-order chi connectivity index (χ1) is 16.7. The van der Waals surface area contributed by atoms with Gasteiger partial charge in [0.1, 0.15) is 24.2 Å². The fourth-order valence-electron chi connectivity index (χ4n) is 3.51. The summed E-state index contributed by atoms with van der Waals surface area (Å²) in [6.07, 6.45) is 0.231. The highest BCUT2D eigenvalue weighted by atomic mass is 32.2. The lowest BCUT2D eigenvalue weighted by Crippen LogP contribution is -2.55. The van der Waals surface area contributed by atoms with E-state index >= 15 is 0 Å². The van der Waals surface area contributed by atoms with Crippen molar-refractivity contribution in [3.05, 3.63) is 65.7 Å². The van der Waals surface area contributed by atoms with E-state index in [1.807, 2.05) is 0 Å². The van der Waals surface area contributed by atoms with Gasteiger partial charge in [0.25, 0.3) is 0 Å². The molecule has 8 nitrogen and oxygen atoms in total. The van der Waals surface area contributed by atoms with E-state index in [0.717, 1.165) is 10.4 Å². The Labute approximate surface area is 212 Å². The summed E-state index contributed by atoms with van der Waals surface area (Å²) in [6, 6.07) is 9.70. The normalized spacial score (nSPS) is 12.8. The van der Waals surface area contributed by atoms with Gasteiger partial charge in [0.05, 0.1) is 5.69 Å². The van der Waals surface area contributed by atoms with Crippen LogP contribution in [0.1, 0.15) is 39.7 Å². The van der Waals surface area contributed by atoms with E-state index in [0.29, 0.717) is 9.87 Å². The lowest BCUT2D eigenvalue weighted by Gasteiger charge is -2.35. The number of carbonyl (C=O) groups excluding carboxylic acids is 2. The summed E-state index contributed by atoms with van der Waals surface area (Å²) < 4.78 is 55.9. The molecule has 0 unspecified atom stereocenters. The monoisotopic (exact) mass is 524 g/mol. The Morgan fingerprint density at radius 2 is 1.58 bits per heavy atom. The maximum Gasteiger partial charge on any atom is 0.304 e. The van der Waals surface area contributed by atoms with E-state index in [-0.39, 0.29) is 18.7 Å². The van der Waals surface area contributed by atoms with E-state index in [2.05, 4.69) is 5.32 Å². The fourth-order valence-corrected chi connectivity index (χ4v) is 4.58. The van der Waals surface area contributed by atoms with E-state index in [4.69, 9.17) is 0 Å². The van der Waals surface area contributed by atoms with Crippen LogP contribution in [0.15, 0.2) is 48.5 Å². The molecule has 0 spiro atoms. The summed E-state index contributed by atoms with van der Waals surface area (Å²) >= 11 is 0. The number of hydrogen-bond acceptors (Lipinski definition) is 4. The maximum absolute atomic E-state index is 14.7. The first-order valence-corrected chi connectivity index (χ1v) is 12.9. The van der Waals surface area contributed by atoms with Gasteiger partial charge in [0, 0.05) is 26.2 Å². The SMILES string of the molecule is CC[C@@H](C(=O)NC(C)(C)C)N(Cc1ccc(F)cc1)C(=O)CN(c1ccccc1F)S(=O)(=O)N(C)C. The molecule has 0 aliphatic rings. The van der Waals surface area contributed by atoms with Crippen molar-refractivity contribution in [3.63, 3.8) is 0 Å². The summed E-state index contributed by atoms with van der Waals surface area (Å²) in [6.45, 7) is 6.29.